The number of thioether (sulfide) groups is 1. The van der Waals surface area contributed by atoms with E-state index in [2.05, 4.69) is 25.1 Å². The fourth-order valence-electron chi connectivity index (χ4n) is 2.23. The molecule has 1 aliphatic rings. The van der Waals surface area contributed by atoms with E-state index in [1.807, 2.05) is 18.2 Å². The fraction of sp³-hybridized carbons (Fsp3) is 0.438. The number of benzene rings is 1. The SMILES string of the molecule is CCCCCC1=CC(Sc2ccccc2)CC1=O. The summed E-state index contributed by atoms with van der Waals surface area (Å²) in [5.41, 5.74) is 1.07. The van der Waals surface area contributed by atoms with E-state index in [0.717, 1.165) is 18.4 Å². The van der Waals surface area contributed by atoms with Gasteiger partial charge in [-0.1, -0.05) is 44.0 Å². The number of ketones is 1. The molecule has 0 aliphatic heterocycles. The van der Waals surface area contributed by atoms with Crippen LogP contribution in [0.1, 0.15) is 39.0 Å². The molecule has 2 rings (SSSR count). The monoisotopic (exact) mass is 260 g/mol. The van der Waals surface area contributed by atoms with Gasteiger partial charge in [0.05, 0.1) is 0 Å². The lowest BCUT2D eigenvalue weighted by molar-refractivity contribution is -0.115. The highest BCUT2D eigenvalue weighted by Gasteiger charge is 2.23. The van der Waals surface area contributed by atoms with Crippen LogP contribution in [0.15, 0.2) is 46.9 Å². The van der Waals surface area contributed by atoms with Gasteiger partial charge in [-0.3, -0.25) is 4.79 Å². The molecule has 1 aromatic carbocycles. The van der Waals surface area contributed by atoms with Crippen LogP contribution in [-0.4, -0.2) is 11.0 Å². The molecule has 0 radical (unpaired) electrons. The quantitative estimate of drug-likeness (QED) is 0.694. The highest BCUT2D eigenvalue weighted by Crippen LogP contribution is 2.33. The molecule has 0 saturated carbocycles. The van der Waals surface area contributed by atoms with E-state index in [-0.39, 0.29) is 0 Å². The zero-order valence-corrected chi connectivity index (χ0v) is 11.7. The Kier molecular flexibility index (Phi) is 5.06. The van der Waals surface area contributed by atoms with Crippen LogP contribution in [0.2, 0.25) is 0 Å². The Balaban J connectivity index is 1.90. The molecule has 0 fully saturated rings. The molecule has 1 aliphatic carbocycles. The smallest absolute Gasteiger partial charge is 0.160 e. The van der Waals surface area contributed by atoms with E-state index in [1.54, 1.807) is 11.8 Å². The van der Waals surface area contributed by atoms with Gasteiger partial charge in [-0.25, -0.2) is 0 Å². The van der Waals surface area contributed by atoms with Gasteiger partial charge >= 0.3 is 0 Å². The molecular weight excluding hydrogens is 240 g/mol. The minimum absolute atomic E-state index is 0.344. The molecule has 1 nitrogen and oxygen atoms in total. The van der Waals surface area contributed by atoms with Crippen molar-refractivity contribution in [1.82, 2.24) is 0 Å². The highest BCUT2D eigenvalue weighted by atomic mass is 32.2. The Bertz CT molecular complexity index is 422. The Morgan fingerprint density at radius 2 is 2.00 bits per heavy atom. The number of allylic oxidation sites excluding steroid dienone is 1. The third-order valence-electron chi connectivity index (χ3n) is 3.21. The predicted octanol–water partition coefficient (Wildman–Crippen LogP) is 4.63. The lowest BCUT2D eigenvalue weighted by Crippen LogP contribution is -1.99. The second-order valence-electron chi connectivity index (χ2n) is 4.75. The number of hydrogen-bond donors (Lipinski definition) is 0. The van der Waals surface area contributed by atoms with Crippen LogP contribution in [0.4, 0.5) is 0 Å². The van der Waals surface area contributed by atoms with Crippen molar-refractivity contribution in [1.29, 1.82) is 0 Å². The molecule has 0 amide bonds. The van der Waals surface area contributed by atoms with E-state index >= 15 is 0 Å². The fourth-order valence-corrected chi connectivity index (χ4v) is 3.36. The first kappa shape index (κ1) is 13.4. The van der Waals surface area contributed by atoms with E-state index in [0.29, 0.717) is 17.5 Å². The number of rotatable bonds is 6. The molecule has 0 aromatic heterocycles. The maximum atomic E-state index is 11.9. The third-order valence-corrected chi connectivity index (χ3v) is 4.36. The molecule has 96 valence electrons. The third kappa shape index (κ3) is 3.74. The van der Waals surface area contributed by atoms with Crippen LogP contribution in [0.5, 0.6) is 0 Å². The van der Waals surface area contributed by atoms with Crippen LogP contribution in [0.3, 0.4) is 0 Å². The Morgan fingerprint density at radius 1 is 1.22 bits per heavy atom. The summed E-state index contributed by atoms with van der Waals surface area (Å²) < 4.78 is 0. The van der Waals surface area contributed by atoms with Gasteiger partial charge in [0.2, 0.25) is 0 Å². The van der Waals surface area contributed by atoms with E-state index in [4.69, 9.17) is 0 Å². The summed E-state index contributed by atoms with van der Waals surface area (Å²) in [6.45, 7) is 2.19. The lowest BCUT2D eigenvalue weighted by Gasteiger charge is -2.05. The number of unbranched alkanes of at least 4 members (excludes halogenated alkanes) is 2. The first-order valence-electron chi connectivity index (χ1n) is 6.75. The summed E-state index contributed by atoms with van der Waals surface area (Å²) in [6.07, 6.45) is 7.43. The number of Topliss-reactive ketones (excluding diaryl/α,β-unsaturated/α-hetero) is 1. The van der Waals surface area contributed by atoms with Crippen molar-refractivity contribution in [2.45, 2.75) is 49.2 Å². The van der Waals surface area contributed by atoms with Gasteiger partial charge in [-0.05, 0) is 30.5 Å². The maximum Gasteiger partial charge on any atom is 0.160 e. The highest BCUT2D eigenvalue weighted by molar-refractivity contribution is 8.00. The molecule has 0 N–H and O–H groups in total. The average molecular weight is 260 g/mol. The zero-order chi connectivity index (χ0) is 12.8. The van der Waals surface area contributed by atoms with Gasteiger partial charge in [-0.15, -0.1) is 11.8 Å². The second-order valence-corrected chi connectivity index (χ2v) is 6.06. The molecule has 0 saturated heterocycles. The molecule has 0 heterocycles. The number of carbonyl (C=O) groups is 1. The number of carbonyl (C=O) groups excluding carboxylic acids is 1. The predicted molar refractivity (Wildman–Crippen MR) is 77.9 cm³/mol. The summed E-state index contributed by atoms with van der Waals surface area (Å²) in [5.74, 6) is 0.361. The van der Waals surface area contributed by atoms with E-state index < -0.39 is 0 Å². The van der Waals surface area contributed by atoms with Crippen molar-refractivity contribution in [2.75, 3.05) is 0 Å². The minimum Gasteiger partial charge on any atom is -0.295 e. The minimum atomic E-state index is 0.344. The van der Waals surface area contributed by atoms with Crippen LogP contribution < -0.4 is 0 Å². The van der Waals surface area contributed by atoms with Gasteiger partial charge in [0.25, 0.3) is 0 Å². The van der Waals surface area contributed by atoms with Crippen LogP contribution in [-0.2, 0) is 4.79 Å². The van der Waals surface area contributed by atoms with Gasteiger partial charge in [0, 0.05) is 16.6 Å². The average Bonchev–Trinajstić information content (AvgIpc) is 2.71. The van der Waals surface area contributed by atoms with Gasteiger partial charge in [-0.2, -0.15) is 0 Å². The standard InChI is InChI=1S/C16H20OS/c1-2-3-5-8-13-11-15(12-16(13)17)18-14-9-6-4-7-10-14/h4,6-7,9-11,15H,2-3,5,8,12H2,1H3. The van der Waals surface area contributed by atoms with E-state index in [9.17, 15) is 4.79 Å². The summed E-state index contributed by atoms with van der Waals surface area (Å²) in [5, 5.41) is 0.344. The summed E-state index contributed by atoms with van der Waals surface area (Å²) in [7, 11) is 0. The van der Waals surface area contributed by atoms with Crippen LogP contribution in [0.25, 0.3) is 0 Å². The van der Waals surface area contributed by atoms with Crippen LogP contribution >= 0.6 is 11.8 Å². The first-order chi connectivity index (χ1) is 8.79. The molecule has 0 spiro atoms. The molecule has 18 heavy (non-hydrogen) atoms. The van der Waals surface area contributed by atoms with Gasteiger partial charge in [0.1, 0.15) is 0 Å². The van der Waals surface area contributed by atoms with Gasteiger partial charge < -0.3 is 0 Å². The lowest BCUT2D eigenvalue weighted by atomic mass is 10.1. The molecule has 1 aromatic rings. The van der Waals surface area contributed by atoms with Crippen molar-refractivity contribution < 1.29 is 4.79 Å². The summed E-state index contributed by atoms with van der Waals surface area (Å²) in [6, 6.07) is 10.3. The largest absolute Gasteiger partial charge is 0.295 e. The zero-order valence-electron chi connectivity index (χ0n) is 10.9. The summed E-state index contributed by atoms with van der Waals surface area (Å²) >= 11 is 1.80. The van der Waals surface area contributed by atoms with Crippen LogP contribution in [0, 0.1) is 0 Å². The van der Waals surface area contributed by atoms with Crippen molar-refractivity contribution in [3.63, 3.8) is 0 Å². The van der Waals surface area contributed by atoms with Crippen molar-refractivity contribution in [2.24, 2.45) is 0 Å². The normalized spacial score (nSPS) is 19.1. The molecule has 1 atom stereocenters. The second kappa shape index (κ2) is 6.79. The van der Waals surface area contributed by atoms with Crippen molar-refractivity contribution in [3.8, 4) is 0 Å². The van der Waals surface area contributed by atoms with Crippen molar-refractivity contribution in [3.05, 3.63) is 42.0 Å². The number of hydrogen-bond acceptors (Lipinski definition) is 2. The Labute approximate surface area is 114 Å². The topological polar surface area (TPSA) is 17.1 Å². The van der Waals surface area contributed by atoms with Crippen molar-refractivity contribution >= 4 is 17.5 Å². The first-order valence-corrected chi connectivity index (χ1v) is 7.63. The molecule has 0 bridgehead atoms. The van der Waals surface area contributed by atoms with E-state index in [1.165, 1.54) is 17.7 Å². The maximum absolute atomic E-state index is 11.9. The summed E-state index contributed by atoms with van der Waals surface area (Å²) in [4.78, 5) is 13.1. The molecular formula is C16H20OS. The molecule has 1 unspecified atom stereocenters. The van der Waals surface area contributed by atoms with Gasteiger partial charge in [0.15, 0.2) is 5.78 Å². The Morgan fingerprint density at radius 3 is 2.72 bits per heavy atom. The Hall–Kier alpha value is -1.02. The molecule has 2 heteroatoms.